The first-order valence-electron chi connectivity index (χ1n) is 7.64. The van der Waals surface area contributed by atoms with Crippen molar-refractivity contribution in [2.24, 2.45) is 0 Å². The number of carbonyl (C=O) groups excluding carboxylic acids is 2. The molecule has 22 heavy (non-hydrogen) atoms. The molecule has 2 atom stereocenters. The molecule has 118 valence electrons. The van der Waals surface area contributed by atoms with Crippen molar-refractivity contribution in [3.63, 3.8) is 0 Å². The largest absolute Gasteiger partial charge is 0.491 e. The highest BCUT2D eigenvalue weighted by Crippen LogP contribution is 2.26. The molecule has 1 N–H and O–H groups in total. The Morgan fingerprint density at radius 3 is 2.73 bits per heavy atom. The number of hydrogen-bond acceptors (Lipinski definition) is 4. The van der Waals surface area contributed by atoms with Crippen LogP contribution in [0.4, 0.5) is 4.79 Å². The van der Waals surface area contributed by atoms with E-state index < -0.39 is 6.10 Å². The molecule has 2 unspecified atom stereocenters. The van der Waals surface area contributed by atoms with Crippen molar-refractivity contribution in [2.45, 2.75) is 31.4 Å². The number of rotatable bonds is 5. The highest BCUT2D eigenvalue weighted by molar-refractivity contribution is 6.04. The minimum atomic E-state index is -0.894. The van der Waals surface area contributed by atoms with Crippen LogP contribution in [0, 0.1) is 0 Å². The van der Waals surface area contributed by atoms with Crippen LogP contribution >= 0.6 is 0 Å². The zero-order valence-electron chi connectivity index (χ0n) is 12.4. The van der Waals surface area contributed by atoms with Gasteiger partial charge < -0.3 is 14.7 Å². The smallest absolute Gasteiger partial charge is 0.327 e. The third-order valence-electron chi connectivity index (χ3n) is 4.11. The summed E-state index contributed by atoms with van der Waals surface area (Å²) in [5.74, 6) is 0.460. The summed E-state index contributed by atoms with van der Waals surface area (Å²) < 4.78 is 5.45. The Bertz CT molecular complexity index is 524. The first-order chi connectivity index (χ1) is 10.7. The molecule has 0 aromatic heterocycles. The minimum absolute atomic E-state index is 0.0164. The second-order valence-corrected chi connectivity index (χ2v) is 5.71. The summed E-state index contributed by atoms with van der Waals surface area (Å²) in [5, 5.41) is 10.1. The van der Waals surface area contributed by atoms with Crippen molar-refractivity contribution >= 4 is 11.9 Å². The van der Waals surface area contributed by atoms with E-state index in [2.05, 4.69) is 0 Å². The first-order valence-corrected chi connectivity index (χ1v) is 7.64. The number of amides is 3. The van der Waals surface area contributed by atoms with Crippen LogP contribution in [0.3, 0.4) is 0 Å². The van der Waals surface area contributed by atoms with Crippen LogP contribution < -0.4 is 4.74 Å². The van der Waals surface area contributed by atoms with Gasteiger partial charge in [0.05, 0.1) is 6.54 Å². The van der Waals surface area contributed by atoms with Gasteiger partial charge in [-0.05, 0) is 31.4 Å². The highest BCUT2D eigenvalue weighted by atomic mass is 16.5. The molecule has 0 saturated carbocycles. The molecule has 0 bridgehead atoms. The average molecular weight is 304 g/mol. The van der Waals surface area contributed by atoms with Crippen molar-refractivity contribution in [3.05, 3.63) is 30.3 Å². The van der Waals surface area contributed by atoms with Gasteiger partial charge in [-0.2, -0.15) is 0 Å². The molecule has 2 fully saturated rings. The Kier molecular flexibility index (Phi) is 4.29. The van der Waals surface area contributed by atoms with Crippen LogP contribution in [0.15, 0.2) is 30.3 Å². The van der Waals surface area contributed by atoms with Crippen LogP contribution in [-0.4, -0.2) is 58.7 Å². The molecule has 2 saturated heterocycles. The van der Waals surface area contributed by atoms with Gasteiger partial charge >= 0.3 is 6.03 Å². The molecule has 2 aliphatic rings. The quantitative estimate of drug-likeness (QED) is 0.831. The number of carbonyl (C=O) groups is 2. The molecule has 1 aromatic rings. The van der Waals surface area contributed by atoms with E-state index in [-0.39, 0.29) is 31.1 Å². The van der Waals surface area contributed by atoms with Crippen molar-refractivity contribution < 1.29 is 19.4 Å². The number of benzene rings is 1. The Morgan fingerprint density at radius 1 is 1.23 bits per heavy atom. The number of aliphatic hydroxyl groups excluding tert-OH is 1. The fraction of sp³-hybridized carbons (Fsp3) is 0.500. The maximum absolute atomic E-state index is 12.3. The normalized spacial score (nSPS) is 22.7. The van der Waals surface area contributed by atoms with Gasteiger partial charge in [-0.15, -0.1) is 0 Å². The van der Waals surface area contributed by atoms with Gasteiger partial charge in [0.25, 0.3) is 5.91 Å². The monoisotopic (exact) mass is 304 g/mol. The topological polar surface area (TPSA) is 70.1 Å². The number of fused-ring (bicyclic) bond motifs is 1. The van der Waals surface area contributed by atoms with Gasteiger partial charge in [-0.3, -0.25) is 9.69 Å². The molecule has 2 aliphatic heterocycles. The third kappa shape index (κ3) is 2.92. The van der Waals surface area contributed by atoms with Gasteiger partial charge in [0.2, 0.25) is 0 Å². The van der Waals surface area contributed by atoms with E-state index in [9.17, 15) is 14.7 Å². The first kappa shape index (κ1) is 14.8. The van der Waals surface area contributed by atoms with E-state index in [0.717, 1.165) is 24.2 Å². The lowest BCUT2D eigenvalue weighted by Crippen LogP contribution is -2.40. The third-order valence-corrected chi connectivity index (χ3v) is 4.11. The Balaban J connectivity index is 1.56. The number of nitrogens with zero attached hydrogens (tertiary/aromatic N) is 2. The lowest BCUT2D eigenvalue weighted by atomic mass is 10.0. The molecule has 0 spiro atoms. The van der Waals surface area contributed by atoms with Gasteiger partial charge in [0.1, 0.15) is 24.5 Å². The van der Waals surface area contributed by atoms with Crippen LogP contribution in [0.5, 0.6) is 5.75 Å². The van der Waals surface area contributed by atoms with Crippen LogP contribution in [-0.2, 0) is 4.79 Å². The Hall–Kier alpha value is -2.08. The lowest BCUT2D eigenvalue weighted by molar-refractivity contribution is -0.129. The van der Waals surface area contributed by atoms with E-state index in [1.807, 2.05) is 18.2 Å². The maximum atomic E-state index is 12.3. The van der Waals surface area contributed by atoms with E-state index in [0.29, 0.717) is 12.3 Å². The van der Waals surface area contributed by atoms with E-state index >= 15 is 0 Å². The summed E-state index contributed by atoms with van der Waals surface area (Å²) in [5.41, 5.74) is 0. The second-order valence-electron chi connectivity index (χ2n) is 5.71. The van der Waals surface area contributed by atoms with E-state index in [1.165, 1.54) is 0 Å². The number of β-amino-alcohol motifs (C(OH)–C–C–N with tert-alkyl or cyclic N) is 1. The van der Waals surface area contributed by atoms with Gasteiger partial charge in [-0.25, -0.2) is 4.79 Å². The van der Waals surface area contributed by atoms with Crippen molar-refractivity contribution in [3.8, 4) is 5.75 Å². The van der Waals surface area contributed by atoms with Crippen LogP contribution in [0.2, 0.25) is 0 Å². The molecule has 0 radical (unpaired) electrons. The van der Waals surface area contributed by atoms with E-state index in [4.69, 9.17) is 4.74 Å². The minimum Gasteiger partial charge on any atom is -0.491 e. The van der Waals surface area contributed by atoms with Crippen molar-refractivity contribution in [1.82, 2.24) is 9.80 Å². The summed E-state index contributed by atoms with van der Waals surface area (Å²) in [6.07, 6.45) is 1.73. The molecular formula is C16H20N2O4. The van der Waals surface area contributed by atoms with Crippen molar-refractivity contribution in [1.29, 1.82) is 0 Å². The fourth-order valence-electron chi connectivity index (χ4n) is 2.99. The summed E-state index contributed by atoms with van der Waals surface area (Å²) >= 11 is 0. The summed E-state index contributed by atoms with van der Waals surface area (Å²) in [7, 11) is 0. The lowest BCUT2D eigenvalue weighted by Gasteiger charge is -2.26. The molecule has 2 heterocycles. The standard InChI is InChI=1S/C16H20N2O4/c19-12(11-22-13-6-2-1-3-7-13)10-18-15(20)14-8-4-5-9-17(14)16(18)21/h1-3,6-7,12,14,19H,4-5,8-11H2. The second kappa shape index (κ2) is 6.36. The number of aliphatic hydroxyl groups is 1. The molecule has 6 heteroatoms. The number of hydrogen-bond donors (Lipinski definition) is 1. The Morgan fingerprint density at radius 2 is 2.00 bits per heavy atom. The number of urea groups is 1. The molecule has 1 aromatic carbocycles. The zero-order valence-corrected chi connectivity index (χ0v) is 12.4. The van der Waals surface area contributed by atoms with Gasteiger partial charge in [0.15, 0.2) is 0 Å². The van der Waals surface area contributed by atoms with Crippen molar-refractivity contribution in [2.75, 3.05) is 19.7 Å². The van der Waals surface area contributed by atoms with E-state index in [1.54, 1.807) is 17.0 Å². The average Bonchev–Trinajstić information content (AvgIpc) is 2.79. The highest BCUT2D eigenvalue weighted by Gasteiger charge is 2.46. The SMILES string of the molecule is O=C1C2CCCCN2C(=O)N1CC(O)COc1ccccc1. The predicted octanol–water partition coefficient (Wildman–Crippen LogP) is 1.24. The number of imide groups is 1. The summed E-state index contributed by atoms with van der Waals surface area (Å²) in [4.78, 5) is 27.3. The Labute approximate surface area is 129 Å². The molecule has 3 amide bonds. The predicted molar refractivity (Wildman–Crippen MR) is 79.4 cm³/mol. The maximum Gasteiger partial charge on any atom is 0.327 e. The van der Waals surface area contributed by atoms with Crippen LogP contribution in [0.25, 0.3) is 0 Å². The van der Waals surface area contributed by atoms with Crippen LogP contribution in [0.1, 0.15) is 19.3 Å². The number of piperidine rings is 1. The van der Waals surface area contributed by atoms with Gasteiger partial charge in [-0.1, -0.05) is 18.2 Å². The molecule has 6 nitrogen and oxygen atoms in total. The fourth-order valence-corrected chi connectivity index (χ4v) is 2.99. The summed E-state index contributed by atoms with van der Waals surface area (Å²) in [6.45, 7) is 0.658. The molecule has 0 aliphatic carbocycles. The zero-order chi connectivity index (χ0) is 15.5. The van der Waals surface area contributed by atoms with Gasteiger partial charge in [0, 0.05) is 6.54 Å². The molecular weight excluding hydrogens is 284 g/mol. The summed E-state index contributed by atoms with van der Waals surface area (Å²) in [6, 6.07) is 8.52. The number of para-hydroxylation sites is 1. The molecule has 3 rings (SSSR count). The number of ether oxygens (including phenoxy) is 1.